The van der Waals surface area contributed by atoms with Crippen molar-refractivity contribution >= 4 is 0 Å². The zero-order valence-corrected chi connectivity index (χ0v) is 9.03. The van der Waals surface area contributed by atoms with Gasteiger partial charge in [0.2, 0.25) is 0 Å². The van der Waals surface area contributed by atoms with Gasteiger partial charge in [-0.3, -0.25) is 0 Å². The van der Waals surface area contributed by atoms with Gasteiger partial charge in [0.15, 0.2) is 0 Å². The molecule has 0 saturated carbocycles. The molecule has 1 aromatic carbocycles. The van der Waals surface area contributed by atoms with Crippen LogP contribution in [0.1, 0.15) is 24.9 Å². The van der Waals surface area contributed by atoms with Crippen LogP contribution in [0, 0.1) is 5.92 Å². The summed E-state index contributed by atoms with van der Waals surface area (Å²) in [7, 11) is 1.97. The van der Waals surface area contributed by atoms with E-state index >= 15 is 0 Å². The highest BCUT2D eigenvalue weighted by molar-refractivity contribution is 5.19. The molecule has 0 heterocycles. The van der Waals surface area contributed by atoms with E-state index in [-0.39, 0.29) is 6.04 Å². The predicted molar refractivity (Wildman–Crippen MR) is 61.1 cm³/mol. The lowest BCUT2D eigenvalue weighted by atomic mass is 9.92. The van der Waals surface area contributed by atoms with Crippen molar-refractivity contribution in [2.24, 2.45) is 11.7 Å². The van der Waals surface area contributed by atoms with Gasteiger partial charge in [0.05, 0.1) is 0 Å². The molecule has 0 bridgehead atoms. The van der Waals surface area contributed by atoms with Gasteiger partial charge in [-0.05, 0) is 25.1 Å². The van der Waals surface area contributed by atoms with E-state index in [1.165, 1.54) is 5.56 Å². The molecular weight excluding hydrogens is 172 g/mol. The van der Waals surface area contributed by atoms with Gasteiger partial charge < -0.3 is 11.1 Å². The third-order valence-electron chi connectivity index (χ3n) is 2.68. The van der Waals surface area contributed by atoms with Crippen molar-refractivity contribution in [3.8, 4) is 0 Å². The Balaban J connectivity index is 2.67. The second-order valence-corrected chi connectivity index (χ2v) is 3.66. The zero-order chi connectivity index (χ0) is 10.4. The molecule has 2 unspecified atom stereocenters. The Morgan fingerprint density at radius 2 is 1.93 bits per heavy atom. The summed E-state index contributed by atoms with van der Waals surface area (Å²) in [4.78, 5) is 0. The highest BCUT2D eigenvalue weighted by atomic mass is 14.8. The van der Waals surface area contributed by atoms with Crippen LogP contribution in [-0.4, -0.2) is 13.6 Å². The van der Waals surface area contributed by atoms with Gasteiger partial charge in [0.25, 0.3) is 0 Å². The van der Waals surface area contributed by atoms with Gasteiger partial charge in [0, 0.05) is 6.04 Å². The fourth-order valence-corrected chi connectivity index (χ4v) is 1.73. The topological polar surface area (TPSA) is 38.0 Å². The van der Waals surface area contributed by atoms with Crippen molar-refractivity contribution in [1.29, 1.82) is 0 Å². The number of rotatable bonds is 5. The average molecular weight is 192 g/mol. The maximum atomic E-state index is 6.20. The van der Waals surface area contributed by atoms with Gasteiger partial charge in [-0.1, -0.05) is 43.7 Å². The fraction of sp³-hybridized carbons (Fsp3) is 0.500. The predicted octanol–water partition coefficient (Wildman–Crippen LogP) is 1.93. The Morgan fingerprint density at radius 3 is 2.43 bits per heavy atom. The van der Waals surface area contributed by atoms with Crippen molar-refractivity contribution in [3.63, 3.8) is 0 Å². The van der Waals surface area contributed by atoms with Crippen LogP contribution < -0.4 is 11.1 Å². The minimum absolute atomic E-state index is 0.147. The summed E-state index contributed by atoms with van der Waals surface area (Å²) in [5.41, 5.74) is 7.43. The standard InChI is InChI=1S/C12H20N2/c1-3-10(9-14-2)12(13)11-7-5-4-6-8-11/h4-8,10,12,14H,3,9,13H2,1-2H3. The molecule has 0 saturated heterocycles. The van der Waals surface area contributed by atoms with E-state index in [0.717, 1.165) is 13.0 Å². The Morgan fingerprint density at radius 1 is 1.29 bits per heavy atom. The summed E-state index contributed by atoms with van der Waals surface area (Å²) in [5, 5.41) is 3.19. The Labute approximate surface area is 86.5 Å². The molecule has 0 spiro atoms. The fourth-order valence-electron chi connectivity index (χ4n) is 1.73. The summed E-state index contributed by atoms with van der Waals surface area (Å²) >= 11 is 0. The van der Waals surface area contributed by atoms with Crippen molar-refractivity contribution in [3.05, 3.63) is 35.9 Å². The third kappa shape index (κ3) is 2.82. The molecule has 3 N–H and O–H groups in total. The summed E-state index contributed by atoms with van der Waals surface area (Å²) < 4.78 is 0. The molecule has 0 aliphatic rings. The minimum atomic E-state index is 0.147. The second kappa shape index (κ2) is 5.78. The Kier molecular flexibility index (Phi) is 4.63. The summed E-state index contributed by atoms with van der Waals surface area (Å²) in [6.07, 6.45) is 1.11. The van der Waals surface area contributed by atoms with Crippen LogP contribution in [-0.2, 0) is 0 Å². The molecule has 0 radical (unpaired) electrons. The van der Waals surface area contributed by atoms with Crippen molar-refractivity contribution in [2.45, 2.75) is 19.4 Å². The van der Waals surface area contributed by atoms with Crippen LogP contribution in [0.25, 0.3) is 0 Å². The first-order valence-corrected chi connectivity index (χ1v) is 5.24. The van der Waals surface area contributed by atoms with Crippen LogP contribution in [0.15, 0.2) is 30.3 Å². The van der Waals surface area contributed by atoms with Crippen LogP contribution in [0.5, 0.6) is 0 Å². The lowest BCUT2D eigenvalue weighted by Crippen LogP contribution is -2.29. The molecule has 1 aromatic rings. The van der Waals surface area contributed by atoms with Crippen LogP contribution in [0.4, 0.5) is 0 Å². The van der Waals surface area contributed by atoms with Crippen molar-refractivity contribution in [2.75, 3.05) is 13.6 Å². The third-order valence-corrected chi connectivity index (χ3v) is 2.68. The molecule has 0 fully saturated rings. The van der Waals surface area contributed by atoms with Gasteiger partial charge in [-0.25, -0.2) is 0 Å². The number of hydrogen-bond donors (Lipinski definition) is 2. The van der Waals surface area contributed by atoms with Gasteiger partial charge in [0.1, 0.15) is 0 Å². The SMILES string of the molecule is CCC(CNC)C(N)c1ccccc1. The first-order valence-electron chi connectivity index (χ1n) is 5.24. The van der Waals surface area contributed by atoms with Gasteiger partial charge in [-0.2, -0.15) is 0 Å². The maximum Gasteiger partial charge on any atom is 0.0335 e. The summed E-state index contributed by atoms with van der Waals surface area (Å²) in [6, 6.07) is 10.5. The monoisotopic (exact) mass is 192 g/mol. The molecule has 0 aliphatic heterocycles. The van der Waals surface area contributed by atoms with Gasteiger partial charge in [-0.15, -0.1) is 0 Å². The number of nitrogens with two attached hydrogens (primary N) is 1. The highest BCUT2D eigenvalue weighted by Crippen LogP contribution is 2.21. The first-order chi connectivity index (χ1) is 6.79. The number of benzene rings is 1. The van der Waals surface area contributed by atoms with E-state index in [0.29, 0.717) is 5.92 Å². The molecular formula is C12H20N2. The Hall–Kier alpha value is -0.860. The largest absolute Gasteiger partial charge is 0.324 e. The lowest BCUT2D eigenvalue weighted by Gasteiger charge is -2.22. The first kappa shape index (κ1) is 11.2. The number of hydrogen-bond acceptors (Lipinski definition) is 2. The van der Waals surface area contributed by atoms with E-state index in [2.05, 4.69) is 24.4 Å². The van der Waals surface area contributed by atoms with Crippen LogP contribution in [0.2, 0.25) is 0 Å². The van der Waals surface area contributed by atoms with E-state index in [9.17, 15) is 0 Å². The van der Waals surface area contributed by atoms with E-state index < -0.39 is 0 Å². The Bertz CT molecular complexity index is 246. The summed E-state index contributed by atoms with van der Waals surface area (Å²) in [5.74, 6) is 0.516. The lowest BCUT2D eigenvalue weighted by molar-refractivity contribution is 0.403. The van der Waals surface area contributed by atoms with Crippen molar-refractivity contribution < 1.29 is 0 Å². The van der Waals surface area contributed by atoms with Crippen LogP contribution in [0.3, 0.4) is 0 Å². The molecule has 1 rings (SSSR count). The van der Waals surface area contributed by atoms with Crippen LogP contribution >= 0.6 is 0 Å². The van der Waals surface area contributed by atoms with Gasteiger partial charge >= 0.3 is 0 Å². The normalized spacial score (nSPS) is 15.1. The highest BCUT2D eigenvalue weighted by Gasteiger charge is 2.16. The molecule has 2 nitrogen and oxygen atoms in total. The average Bonchev–Trinajstić information content (AvgIpc) is 2.26. The molecule has 2 atom stereocenters. The van der Waals surface area contributed by atoms with E-state index in [1.807, 2.05) is 25.2 Å². The molecule has 78 valence electrons. The molecule has 2 heteroatoms. The number of nitrogens with one attached hydrogen (secondary N) is 1. The molecule has 0 amide bonds. The minimum Gasteiger partial charge on any atom is -0.324 e. The second-order valence-electron chi connectivity index (χ2n) is 3.66. The van der Waals surface area contributed by atoms with E-state index in [1.54, 1.807) is 0 Å². The molecule has 14 heavy (non-hydrogen) atoms. The molecule has 0 aromatic heterocycles. The van der Waals surface area contributed by atoms with Crippen molar-refractivity contribution in [1.82, 2.24) is 5.32 Å². The summed E-state index contributed by atoms with van der Waals surface area (Å²) in [6.45, 7) is 3.16. The zero-order valence-electron chi connectivity index (χ0n) is 9.03. The quantitative estimate of drug-likeness (QED) is 0.748. The maximum absolute atomic E-state index is 6.20. The van der Waals surface area contributed by atoms with E-state index in [4.69, 9.17) is 5.73 Å². The smallest absolute Gasteiger partial charge is 0.0335 e. The molecule has 0 aliphatic carbocycles.